The summed E-state index contributed by atoms with van der Waals surface area (Å²) in [5, 5.41) is 3.79. The summed E-state index contributed by atoms with van der Waals surface area (Å²) in [6, 6.07) is 0. The Kier molecular flexibility index (Phi) is 5.79. The molecule has 0 bridgehead atoms. The largest absolute Gasteiger partial charge is 0.312 e. The number of hydrogen-bond donors (Lipinski definition) is 1. The molecule has 2 fully saturated rings. The van der Waals surface area contributed by atoms with E-state index in [-0.39, 0.29) is 5.54 Å². The van der Waals surface area contributed by atoms with Gasteiger partial charge in [-0.25, -0.2) is 0 Å². The summed E-state index contributed by atoms with van der Waals surface area (Å²) in [5.41, 5.74) is 0.847. The van der Waals surface area contributed by atoms with E-state index in [2.05, 4.69) is 39.9 Å². The van der Waals surface area contributed by atoms with Gasteiger partial charge in [0, 0.05) is 5.54 Å². The van der Waals surface area contributed by atoms with Gasteiger partial charge in [-0.2, -0.15) is 0 Å². The molecule has 2 aliphatic rings. The summed E-state index contributed by atoms with van der Waals surface area (Å²) >= 11 is 0. The van der Waals surface area contributed by atoms with Crippen LogP contribution in [0.3, 0.4) is 0 Å². The molecule has 0 saturated heterocycles. The van der Waals surface area contributed by atoms with Crippen LogP contribution in [0.1, 0.15) is 92.4 Å². The third-order valence-corrected chi connectivity index (χ3v) is 5.93. The molecular formula is C20H39N. The van der Waals surface area contributed by atoms with Crippen molar-refractivity contribution in [2.75, 3.05) is 6.54 Å². The first kappa shape index (κ1) is 17.3. The zero-order valence-electron chi connectivity index (χ0n) is 15.3. The van der Waals surface area contributed by atoms with Crippen LogP contribution in [-0.2, 0) is 0 Å². The van der Waals surface area contributed by atoms with Gasteiger partial charge in [0.15, 0.2) is 0 Å². The van der Waals surface area contributed by atoms with Gasteiger partial charge in [-0.15, -0.1) is 0 Å². The molecule has 0 amide bonds. The molecule has 2 rings (SSSR count). The van der Waals surface area contributed by atoms with Gasteiger partial charge >= 0.3 is 0 Å². The van der Waals surface area contributed by atoms with Crippen molar-refractivity contribution in [3.8, 4) is 0 Å². The van der Waals surface area contributed by atoms with Gasteiger partial charge in [0.1, 0.15) is 0 Å². The first-order valence-electron chi connectivity index (χ1n) is 9.50. The van der Waals surface area contributed by atoms with Gasteiger partial charge < -0.3 is 5.32 Å². The lowest BCUT2D eigenvalue weighted by Crippen LogP contribution is -2.43. The molecule has 21 heavy (non-hydrogen) atoms. The Morgan fingerprint density at radius 1 is 0.952 bits per heavy atom. The smallest absolute Gasteiger partial charge is 0.00966 e. The van der Waals surface area contributed by atoms with E-state index in [1.54, 1.807) is 0 Å². The Morgan fingerprint density at radius 3 is 2.24 bits per heavy atom. The lowest BCUT2D eigenvalue weighted by atomic mass is 9.64. The lowest BCUT2D eigenvalue weighted by molar-refractivity contribution is 0.0868. The maximum absolute atomic E-state index is 3.79. The fraction of sp³-hybridized carbons (Fsp3) is 1.00. The van der Waals surface area contributed by atoms with E-state index in [1.807, 2.05) is 0 Å². The van der Waals surface area contributed by atoms with Crippen molar-refractivity contribution < 1.29 is 0 Å². The zero-order chi connectivity index (χ0) is 15.5. The first-order chi connectivity index (χ1) is 9.75. The van der Waals surface area contributed by atoms with Crippen LogP contribution >= 0.6 is 0 Å². The minimum Gasteiger partial charge on any atom is -0.312 e. The Balaban J connectivity index is 1.92. The predicted octanol–water partition coefficient (Wildman–Crippen LogP) is 5.79. The van der Waals surface area contributed by atoms with Gasteiger partial charge in [-0.3, -0.25) is 0 Å². The SMILES string of the molecule is CC1(C)CCC(CNC(C)(C)C)C(CC2CCCCC2)C1. The highest BCUT2D eigenvalue weighted by atomic mass is 14.9. The van der Waals surface area contributed by atoms with E-state index in [0.717, 1.165) is 17.8 Å². The van der Waals surface area contributed by atoms with Gasteiger partial charge in [0.05, 0.1) is 0 Å². The molecule has 0 spiro atoms. The molecule has 0 aromatic carbocycles. The molecule has 0 radical (unpaired) electrons. The summed E-state index contributed by atoms with van der Waals surface area (Å²) < 4.78 is 0. The third kappa shape index (κ3) is 5.93. The molecule has 2 saturated carbocycles. The molecule has 0 aliphatic heterocycles. The lowest BCUT2D eigenvalue weighted by Gasteiger charge is -2.43. The van der Waals surface area contributed by atoms with Crippen molar-refractivity contribution in [3.05, 3.63) is 0 Å². The highest BCUT2D eigenvalue weighted by molar-refractivity contribution is 4.88. The van der Waals surface area contributed by atoms with Gasteiger partial charge in [-0.05, 0) is 76.2 Å². The van der Waals surface area contributed by atoms with Crippen LogP contribution in [0, 0.1) is 23.2 Å². The third-order valence-electron chi connectivity index (χ3n) is 5.93. The average molecular weight is 294 g/mol. The maximum Gasteiger partial charge on any atom is 0.00966 e. The van der Waals surface area contributed by atoms with Gasteiger partial charge in [-0.1, -0.05) is 46.0 Å². The Hall–Kier alpha value is -0.0400. The average Bonchev–Trinajstić information content (AvgIpc) is 2.37. The first-order valence-corrected chi connectivity index (χ1v) is 9.50. The standard InChI is InChI=1S/C20H39N/c1-19(2,3)21-15-17-11-12-20(4,5)14-18(17)13-16-9-7-6-8-10-16/h16-18,21H,6-15H2,1-5H3. The normalized spacial score (nSPS) is 31.3. The molecule has 1 N–H and O–H groups in total. The van der Waals surface area contributed by atoms with Crippen molar-refractivity contribution in [1.82, 2.24) is 5.32 Å². The molecule has 0 aromatic rings. The van der Waals surface area contributed by atoms with Crippen molar-refractivity contribution in [2.24, 2.45) is 23.2 Å². The number of nitrogens with one attached hydrogen (secondary N) is 1. The molecule has 0 heterocycles. The Morgan fingerprint density at radius 2 is 1.62 bits per heavy atom. The van der Waals surface area contributed by atoms with Crippen molar-refractivity contribution >= 4 is 0 Å². The zero-order valence-corrected chi connectivity index (χ0v) is 15.3. The molecule has 0 aromatic heterocycles. The summed E-state index contributed by atoms with van der Waals surface area (Å²) in [6.45, 7) is 13.1. The predicted molar refractivity (Wildman–Crippen MR) is 93.6 cm³/mol. The molecule has 124 valence electrons. The highest BCUT2D eigenvalue weighted by Gasteiger charge is 2.36. The van der Waals surface area contributed by atoms with Crippen LogP contribution < -0.4 is 5.32 Å². The maximum atomic E-state index is 3.79. The van der Waals surface area contributed by atoms with Crippen LogP contribution in [0.15, 0.2) is 0 Å². The molecule has 2 aliphatic carbocycles. The minimum absolute atomic E-state index is 0.266. The molecule has 1 nitrogen and oxygen atoms in total. The van der Waals surface area contributed by atoms with E-state index in [4.69, 9.17) is 0 Å². The van der Waals surface area contributed by atoms with Crippen LogP contribution in [0.2, 0.25) is 0 Å². The molecule has 2 atom stereocenters. The van der Waals surface area contributed by atoms with Gasteiger partial charge in [0.2, 0.25) is 0 Å². The van der Waals surface area contributed by atoms with Crippen LogP contribution in [0.4, 0.5) is 0 Å². The van der Waals surface area contributed by atoms with Crippen LogP contribution in [-0.4, -0.2) is 12.1 Å². The van der Waals surface area contributed by atoms with E-state index in [1.165, 1.54) is 64.3 Å². The monoisotopic (exact) mass is 293 g/mol. The quantitative estimate of drug-likeness (QED) is 0.692. The fourth-order valence-corrected chi connectivity index (χ4v) is 4.62. The molecule has 2 unspecified atom stereocenters. The Labute approximate surface area is 133 Å². The summed E-state index contributed by atoms with van der Waals surface area (Å²) in [7, 11) is 0. The summed E-state index contributed by atoms with van der Waals surface area (Å²) in [6.07, 6.45) is 13.3. The van der Waals surface area contributed by atoms with Gasteiger partial charge in [0.25, 0.3) is 0 Å². The van der Waals surface area contributed by atoms with E-state index < -0.39 is 0 Å². The van der Waals surface area contributed by atoms with Crippen molar-refractivity contribution in [2.45, 2.75) is 97.9 Å². The van der Waals surface area contributed by atoms with Crippen molar-refractivity contribution in [1.29, 1.82) is 0 Å². The van der Waals surface area contributed by atoms with E-state index in [0.29, 0.717) is 5.41 Å². The van der Waals surface area contributed by atoms with Crippen molar-refractivity contribution in [3.63, 3.8) is 0 Å². The second-order valence-corrected chi connectivity index (χ2v) is 9.80. The van der Waals surface area contributed by atoms with Crippen LogP contribution in [0.25, 0.3) is 0 Å². The second-order valence-electron chi connectivity index (χ2n) is 9.80. The Bertz CT molecular complexity index is 306. The number of hydrogen-bond acceptors (Lipinski definition) is 1. The van der Waals surface area contributed by atoms with Crippen LogP contribution in [0.5, 0.6) is 0 Å². The topological polar surface area (TPSA) is 12.0 Å². The number of rotatable bonds is 4. The molecular weight excluding hydrogens is 254 g/mol. The fourth-order valence-electron chi connectivity index (χ4n) is 4.62. The second kappa shape index (κ2) is 7.02. The summed E-state index contributed by atoms with van der Waals surface area (Å²) in [4.78, 5) is 0. The summed E-state index contributed by atoms with van der Waals surface area (Å²) in [5.74, 6) is 2.92. The van der Waals surface area contributed by atoms with E-state index in [9.17, 15) is 0 Å². The highest BCUT2D eigenvalue weighted by Crippen LogP contribution is 2.45. The molecule has 1 heteroatoms. The van der Waals surface area contributed by atoms with E-state index >= 15 is 0 Å². The minimum atomic E-state index is 0.266.